The molecule has 1 aliphatic carbocycles. The van der Waals surface area contributed by atoms with Gasteiger partial charge in [-0.1, -0.05) is 49.0 Å². The molecule has 0 bridgehead atoms. The topological polar surface area (TPSA) is 55.7 Å². The Balaban J connectivity index is 1.90. The van der Waals surface area contributed by atoms with Crippen molar-refractivity contribution in [3.05, 3.63) is 29.8 Å². The molecule has 128 valence electrons. The van der Waals surface area contributed by atoms with Gasteiger partial charge in [0.1, 0.15) is 18.7 Å². The fraction of sp³-hybridized carbons (Fsp3) is 0.611. The standard InChI is InChI=1S/C18H24BNO3S/c1-18(2)17(14-9-6-10-15(19)12-14)24(21,22)20-16(23-18)11-13-7-4-3-5-8-13/h6,9-10,12-13,17H,3-5,7-8,11H2,1-2H3. The Morgan fingerprint density at radius 3 is 2.58 bits per heavy atom. The third-order valence-corrected chi connectivity index (χ3v) is 6.83. The molecule has 0 amide bonds. The second-order valence-electron chi connectivity index (χ2n) is 7.46. The molecule has 1 aromatic rings. The summed E-state index contributed by atoms with van der Waals surface area (Å²) >= 11 is 0. The van der Waals surface area contributed by atoms with Crippen molar-refractivity contribution < 1.29 is 13.2 Å². The van der Waals surface area contributed by atoms with Crippen LogP contribution in [0.25, 0.3) is 0 Å². The van der Waals surface area contributed by atoms with Crippen LogP contribution < -0.4 is 5.46 Å². The molecule has 1 fully saturated rings. The third kappa shape index (κ3) is 3.69. The van der Waals surface area contributed by atoms with Gasteiger partial charge in [-0.25, -0.2) is 8.42 Å². The summed E-state index contributed by atoms with van der Waals surface area (Å²) in [7, 11) is 2.13. The molecule has 1 aromatic carbocycles. The average molecular weight is 345 g/mol. The fourth-order valence-electron chi connectivity index (χ4n) is 3.94. The molecule has 1 atom stereocenters. The fourth-order valence-corrected chi connectivity index (χ4v) is 5.70. The lowest BCUT2D eigenvalue weighted by Gasteiger charge is -2.38. The number of hydrogen-bond donors (Lipinski definition) is 0. The average Bonchev–Trinajstić information content (AvgIpc) is 2.45. The molecule has 3 rings (SSSR count). The first-order valence-electron chi connectivity index (χ1n) is 8.65. The third-order valence-electron chi connectivity index (χ3n) is 4.94. The lowest BCUT2D eigenvalue weighted by molar-refractivity contribution is 0.0781. The van der Waals surface area contributed by atoms with Crippen molar-refractivity contribution in [2.45, 2.75) is 63.2 Å². The van der Waals surface area contributed by atoms with E-state index in [1.165, 1.54) is 19.3 Å². The number of hydrogen-bond acceptors (Lipinski definition) is 3. The Labute approximate surface area is 146 Å². The van der Waals surface area contributed by atoms with Gasteiger partial charge in [-0.05, 0) is 38.2 Å². The number of ether oxygens (including phenoxy) is 1. The summed E-state index contributed by atoms with van der Waals surface area (Å²) in [6, 6.07) is 6.96. The zero-order chi connectivity index (χ0) is 17.4. The van der Waals surface area contributed by atoms with E-state index in [1.807, 2.05) is 13.8 Å². The van der Waals surface area contributed by atoms with Crippen molar-refractivity contribution in [3.63, 3.8) is 0 Å². The molecule has 24 heavy (non-hydrogen) atoms. The molecule has 0 saturated heterocycles. The van der Waals surface area contributed by atoms with Crippen molar-refractivity contribution >= 4 is 29.2 Å². The van der Waals surface area contributed by atoms with Crippen LogP contribution in [0.3, 0.4) is 0 Å². The largest absolute Gasteiger partial charge is 0.472 e. The summed E-state index contributed by atoms with van der Waals surface area (Å²) in [6.45, 7) is 3.63. The molecular weight excluding hydrogens is 321 g/mol. The Bertz CT molecular complexity index is 736. The summed E-state index contributed by atoms with van der Waals surface area (Å²) in [5.41, 5.74) is 0.286. The molecule has 1 unspecified atom stereocenters. The molecule has 1 aliphatic heterocycles. The summed E-state index contributed by atoms with van der Waals surface area (Å²) in [5.74, 6) is 0.847. The van der Waals surface area contributed by atoms with Crippen molar-refractivity contribution in [3.8, 4) is 0 Å². The Morgan fingerprint density at radius 1 is 1.25 bits per heavy atom. The van der Waals surface area contributed by atoms with Gasteiger partial charge in [0, 0.05) is 6.42 Å². The molecule has 6 heteroatoms. The smallest absolute Gasteiger partial charge is 0.267 e. The highest BCUT2D eigenvalue weighted by Crippen LogP contribution is 2.41. The number of rotatable bonds is 3. The van der Waals surface area contributed by atoms with E-state index in [2.05, 4.69) is 4.40 Å². The zero-order valence-electron chi connectivity index (χ0n) is 14.4. The molecule has 2 radical (unpaired) electrons. The van der Waals surface area contributed by atoms with Crippen LogP contribution in [-0.2, 0) is 14.8 Å². The van der Waals surface area contributed by atoms with E-state index >= 15 is 0 Å². The van der Waals surface area contributed by atoms with E-state index in [4.69, 9.17) is 12.6 Å². The minimum Gasteiger partial charge on any atom is -0.472 e. The first-order valence-corrected chi connectivity index (χ1v) is 10.2. The SMILES string of the molecule is [B]c1cccc(C2C(C)(C)OC(CC3CCCCC3)=NS2(=O)=O)c1. The van der Waals surface area contributed by atoms with Crippen LogP contribution in [0.15, 0.2) is 28.7 Å². The second kappa shape index (κ2) is 6.55. The Kier molecular flexibility index (Phi) is 4.78. The van der Waals surface area contributed by atoms with E-state index < -0.39 is 20.9 Å². The van der Waals surface area contributed by atoms with Gasteiger partial charge in [0.15, 0.2) is 0 Å². The highest BCUT2D eigenvalue weighted by atomic mass is 32.2. The molecule has 0 N–H and O–H groups in total. The van der Waals surface area contributed by atoms with Crippen molar-refractivity contribution in [1.82, 2.24) is 0 Å². The van der Waals surface area contributed by atoms with Crippen LogP contribution in [0.1, 0.15) is 63.2 Å². The number of sulfonamides is 1. The molecule has 0 spiro atoms. The van der Waals surface area contributed by atoms with Crippen molar-refractivity contribution in [1.29, 1.82) is 0 Å². The second-order valence-corrected chi connectivity index (χ2v) is 9.15. The maximum Gasteiger partial charge on any atom is 0.267 e. The maximum absolute atomic E-state index is 12.9. The molecule has 0 aromatic heterocycles. The highest BCUT2D eigenvalue weighted by molar-refractivity contribution is 7.90. The monoisotopic (exact) mass is 345 g/mol. The summed E-state index contributed by atoms with van der Waals surface area (Å²) in [6.07, 6.45) is 6.56. The summed E-state index contributed by atoms with van der Waals surface area (Å²) in [4.78, 5) is 0. The predicted octanol–water partition coefficient (Wildman–Crippen LogP) is 3.03. The van der Waals surface area contributed by atoms with Crippen LogP contribution in [0.2, 0.25) is 0 Å². The molecule has 1 heterocycles. The minimum absolute atomic E-state index is 0.368. The van der Waals surface area contributed by atoms with Crippen LogP contribution in [0.4, 0.5) is 0 Å². The predicted molar refractivity (Wildman–Crippen MR) is 97.3 cm³/mol. The molecular formula is C18H24BNO3S. The molecule has 2 aliphatic rings. The normalized spacial score (nSPS) is 26.4. The van der Waals surface area contributed by atoms with Crippen molar-refractivity contribution in [2.24, 2.45) is 10.3 Å². The lowest BCUT2D eigenvalue weighted by atomic mass is 9.87. The Morgan fingerprint density at radius 2 is 1.96 bits per heavy atom. The van der Waals surface area contributed by atoms with Gasteiger partial charge in [0.25, 0.3) is 10.0 Å². The molecule has 4 nitrogen and oxygen atoms in total. The van der Waals surface area contributed by atoms with Gasteiger partial charge in [-0.2, -0.15) is 0 Å². The van der Waals surface area contributed by atoms with Gasteiger partial charge in [0.05, 0.1) is 0 Å². The van der Waals surface area contributed by atoms with Crippen LogP contribution in [0, 0.1) is 5.92 Å². The van der Waals surface area contributed by atoms with E-state index in [0.717, 1.165) is 12.8 Å². The maximum atomic E-state index is 12.9. The van der Waals surface area contributed by atoms with Crippen LogP contribution in [0.5, 0.6) is 0 Å². The minimum atomic E-state index is -3.69. The van der Waals surface area contributed by atoms with Gasteiger partial charge < -0.3 is 4.74 Å². The van der Waals surface area contributed by atoms with Gasteiger partial charge >= 0.3 is 0 Å². The highest BCUT2D eigenvalue weighted by Gasteiger charge is 2.47. The van der Waals surface area contributed by atoms with E-state index in [-0.39, 0.29) is 0 Å². The van der Waals surface area contributed by atoms with Crippen molar-refractivity contribution in [2.75, 3.05) is 0 Å². The quantitative estimate of drug-likeness (QED) is 0.792. The first kappa shape index (κ1) is 17.5. The lowest BCUT2D eigenvalue weighted by Crippen LogP contribution is -2.43. The zero-order valence-corrected chi connectivity index (χ0v) is 15.2. The number of nitrogens with zero attached hydrogens (tertiary/aromatic N) is 1. The van der Waals surface area contributed by atoms with Crippen LogP contribution in [-0.4, -0.2) is 27.8 Å². The van der Waals surface area contributed by atoms with Gasteiger partial charge in [-0.15, -0.1) is 4.40 Å². The van der Waals surface area contributed by atoms with Crippen LogP contribution >= 0.6 is 0 Å². The summed E-state index contributed by atoms with van der Waals surface area (Å²) < 4.78 is 35.8. The summed E-state index contributed by atoms with van der Waals surface area (Å²) in [5, 5.41) is -0.844. The Hall–Kier alpha value is -1.30. The van der Waals surface area contributed by atoms with Gasteiger partial charge in [-0.3, -0.25) is 0 Å². The van der Waals surface area contributed by atoms with E-state index in [1.54, 1.807) is 24.3 Å². The van der Waals surface area contributed by atoms with E-state index in [9.17, 15) is 8.42 Å². The number of benzene rings is 1. The van der Waals surface area contributed by atoms with Gasteiger partial charge in [0.2, 0.25) is 5.90 Å². The first-order chi connectivity index (χ1) is 11.3. The molecule has 1 saturated carbocycles. The van der Waals surface area contributed by atoms with E-state index in [0.29, 0.717) is 29.3 Å².